The fraction of sp³-hybridized carbons (Fsp3) is 0.467. The van der Waals surface area contributed by atoms with E-state index in [4.69, 9.17) is 0 Å². The van der Waals surface area contributed by atoms with Crippen LogP contribution in [0, 0.1) is 5.92 Å². The molecule has 2 nitrogen and oxygen atoms in total. The molecule has 1 aliphatic carbocycles. The van der Waals surface area contributed by atoms with E-state index in [0.717, 1.165) is 5.56 Å². The zero-order valence-electron chi connectivity index (χ0n) is 10.7. The van der Waals surface area contributed by atoms with Crippen molar-refractivity contribution in [3.8, 4) is 11.5 Å². The van der Waals surface area contributed by atoms with Crippen LogP contribution in [0.4, 0.5) is 0 Å². The number of thioether (sulfide) groups is 2. The second kappa shape index (κ2) is 5.33. The highest BCUT2D eigenvalue weighted by Gasteiger charge is 2.43. The fourth-order valence-electron chi connectivity index (χ4n) is 3.13. The summed E-state index contributed by atoms with van der Waals surface area (Å²) in [5.41, 5.74) is 1.04. The number of phenols is 2. The first-order chi connectivity index (χ1) is 9.21. The van der Waals surface area contributed by atoms with E-state index in [-0.39, 0.29) is 15.6 Å². The number of benzene rings is 1. The molecule has 2 N–H and O–H groups in total. The molecular weight excluding hydrogens is 276 g/mol. The lowest BCUT2D eigenvalue weighted by molar-refractivity contribution is 0.335. The summed E-state index contributed by atoms with van der Waals surface area (Å²) in [4.78, 5) is 0. The number of aromatic hydroxyl groups is 2. The van der Waals surface area contributed by atoms with E-state index in [1.807, 2.05) is 23.5 Å². The first kappa shape index (κ1) is 13.3. The Morgan fingerprint density at radius 1 is 0.895 bits per heavy atom. The normalized spacial score (nSPS) is 22.7. The Balaban J connectivity index is 1.99. The maximum Gasteiger partial charge on any atom is 0.119 e. The first-order valence-corrected chi connectivity index (χ1v) is 8.51. The van der Waals surface area contributed by atoms with Gasteiger partial charge in [0.2, 0.25) is 0 Å². The van der Waals surface area contributed by atoms with Gasteiger partial charge in [0.05, 0.1) is 4.08 Å². The van der Waals surface area contributed by atoms with Crippen LogP contribution in [-0.2, 0) is 4.08 Å². The van der Waals surface area contributed by atoms with Crippen molar-refractivity contribution < 1.29 is 10.2 Å². The van der Waals surface area contributed by atoms with E-state index in [9.17, 15) is 10.2 Å². The van der Waals surface area contributed by atoms with E-state index in [2.05, 4.69) is 10.8 Å². The van der Waals surface area contributed by atoms with Crippen LogP contribution in [0.5, 0.6) is 11.5 Å². The van der Waals surface area contributed by atoms with Gasteiger partial charge in [0.1, 0.15) is 11.5 Å². The average molecular weight is 294 g/mol. The molecule has 3 rings (SSSR count). The summed E-state index contributed by atoms with van der Waals surface area (Å²) in [5.74, 6) is 0.906. The van der Waals surface area contributed by atoms with E-state index in [0.29, 0.717) is 5.92 Å². The molecule has 1 aliphatic heterocycles. The zero-order valence-corrected chi connectivity index (χ0v) is 12.3. The maximum atomic E-state index is 9.77. The third-order valence-corrected chi connectivity index (χ3v) is 7.12. The summed E-state index contributed by atoms with van der Waals surface area (Å²) in [6, 6.07) is 5.01. The van der Waals surface area contributed by atoms with Gasteiger partial charge in [-0.2, -0.15) is 0 Å². The highest BCUT2D eigenvalue weighted by atomic mass is 32.2. The number of phenolic OH excluding ortho intramolecular Hbond substituents is 2. The van der Waals surface area contributed by atoms with Crippen molar-refractivity contribution in [3.05, 3.63) is 34.6 Å². The minimum Gasteiger partial charge on any atom is -0.508 e. The number of hydrogen-bond donors (Lipinski definition) is 2. The van der Waals surface area contributed by atoms with Gasteiger partial charge >= 0.3 is 0 Å². The van der Waals surface area contributed by atoms with Crippen molar-refractivity contribution in [2.75, 3.05) is 0 Å². The largest absolute Gasteiger partial charge is 0.508 e. The Morgan fingerprint density at radius 2 is 1.47 bits per heavy atom. The summed E-state index contributed by atoms with van der Waals surface area (Å²) in [5, 5.41) is 23.8. The molecule has 102 valence electrons. The Morgan fingerprint density at radius 3 is 2.05 bits per heavy atom. The van der Waals surface area contributed by atoms with Gasteiger partial charge in [-0.3, -0.25) is 0 Å². The van der Waals surface area contributed by atoms with Gasteiger partial charge in [-0.25, -0.2) is 0 Å². The summed E-state index contributed by atoms with van der Waals surface area (Å²) < 4.78 is -0.0589. The van der Waals surface area contributed by atoms with Gasteiger partial charge in [0.25, 0.3) is 0 Å². The van der Waals surface area contributed by atoms with E-state index < -0.39 is 0 Å². The van der Waals surface area contributed by atoms with Crippen LogP contribution in [0.2, 0.25) is 0 Å². The molecule has 1 aromatic carbocycles. The zero-order chi connectivity index (χ0) is 13.3. The highest BCUT2D eigenvalue weighted by Crippen LogP contribution is 2.61. The fourth-order valence-corrected chi connectivity index (χ4v) is 5.90. The van der Waals surface area contributed by atoms with E-state index in [1.165, 1.54) is 38.2 Å². The van der Waals surface area contributed by atoms with Gasteiger partial charge < -0.3 is 10.2 Å². The summed E-state index contributed by atoms with van der Waals surface area (Å²) in [7, 11) is 0. The van der Waals surface area contributed by atoms with Crippen LogP contribution in [0.1, 0.15) is 37.7 Å². The Labute approximate surface area is 122 Å². The minimum absolute atomic E-state index is 0.0589. The first-order valence-electron chi connectivity index (χ1n) is 6.75. The lowest BCUT2D eigenvalue weighted by Gasteiger charge is -2.38. The van der Waals surface area contributed by atoms with Crippen molar-refractivity contribution in [3.63, 3.8) is 0 Å². The molecule has 0 amide bonds. The molecule has 0 aromatic heterocycles. The lowest BCUT2D eigenvalue weighted by Crippen LogP contribution is -2.28. The van der Waals surface area contributed by atoms with Gasteiger partial charge in [0, 0.05) is 6.07 Å². The molecule has 1 saturated carbocycles. The third kappa shape index (κ3) is 2.48. The SMILES string of the molecule is Oc1cc(O)cc(C2(C3CCCCC3)SC=CS2)c1. The maximum absolute atomic E-state index is 9.77. The van der Waals surface area contributed by atoms with Crippen LogP contribution in [0.15, 0.2) is 29.0 Å². The topological polar surface area (TPSA) is 40.5 Å². The minimum atomic E-state index is -0.0589. The number of hydrogen-bond acceptors (Lipinski definition) is 4. The number of rotatable bonds is 2. The molecule has 0 radical (unpaired) electrons. The van der Waals surface area contributed by atoms with Crippen LogP contribution >= 0.6 is 23.5 Å². The monoisotopic (exact) mass is 294 g/mol. The van der Waals surface area contributed by atoms with E-state index in [1.54, 1.807) is 12.1 Å². The van der Waals surface area contributed by atoms with Crippen molar-refractivity contribution >= 4 is 23.5 Å². The second-order valence-electron chi connectivity index (χ2n) is 5.25. The Bertz CT molecular complexity index is 465. The molecule has 0 bridgehead atoms. The second-order valence-corrected chi connectivity index (χ2v) is 7.81. The molecular formula is C15H18O2S2. The predicted octanol–water partition coefficient (Wildman–Crippen LogP) is 4.78. The standard InChI is InChI=1S/C15H18O2S2/c16-13-8-12(9-14(17)10-13)15(18-6-7-19-15)11-4-2-1-3-5-11/h6-11,16-17H,1-5H2. The van der Waals surface area contributed by atoms with Crippen LogP contribution in [0.3, 0.4) is 0 Å². The highest BCUT2D eigenvalue weighted by molar-refractivity contribution is 8.22. The lowest BCUT2D eigenvalue weighted by atomic mass is 9.84. The third-order valence-electron chi connectivity index (χ3n) is 3.99. The van der Waals surface area contributed by atoms with E-state index >= 15 is 0 Å². The van der Waals surface area contributed by atoms with Crippen molar-refractivity contribution in [2.45, 2.75) is 36.2 Å². The smallest absolute Gasteiger partial charge is 0.119 e. The Kier molecular flexibility index (Phi) is 3.72. The molecule has 4 heteroatoms. The molecule has 0 unspecified atom stereocenters. The van der Waals surface area contributed by atoms with Gasteiger partial charge in [-0.15, -0.1) is 23.5 Å². The molecule has 1 aromatic rings. The molecule has 2 aliphatic rings. The van der Waals surface area contributed by atoms with Crippen LogP contribution in [0.25, 0.3) is 0 Å². The Hall–Kier alpha value is -0.740. The summed E-state index contributed by atoms with van der Waals surface area (Å²) in [6.45, 7) is 0. The molecule has 19 heavy (non-hydrogen) atoms. The van der Waals surface area contributed by atoms with Crippen LogP contribution in [-0.4, -0.2) is 10.2 Å². The molecule has 0 saturated heterocycles. The van der Waals surface area contributed by atoms with Gasteiger partial charge in [-0.1, -0.05) is 19.3 Å². The van der Waals surface area contributed by atoms with Crippen molar-refractivity contribution in [2.24, 2.45) is 5.92 Å². The molecule has 1 heterocycles. The molecule has 1 fully saturated rings. The van der Waals surface area contributed by atoms with Gasteiger partial charge in [-0.05, 0) is 47.3 Å². The molecule has 0 atom stereocenters. The van der Waals surface area contributed by atoms with Crippen molar-refractivity contribution in [1.29, 1.82) is 0 Å². The average Bonchev–Trinajstić information content (AvgIpc) is 2.89. The quantitative estimate of drug-likeness (QED) is 0.823. The van der Waals surface area contributed by atoms with Crippen molar-refractivity contribution in [1.82, 2.24) is 0 Å². The summed E-state index contributed by atoms with van der Waals surface area (Å²) >= 11 is 3.65. The van der Waals surface area contributed by atoms with Gasteiger partial charge in [0.15, 0.2) is 0 Å². The summed E-state index contributed by atoms with van der Waals surface area (Å²) in [6.07, 6.45) is 6.38. The predicted molar refractivity (Wildman–Crippen MR) is 82.3 cm³/mol. The van der Waals surface area contributed by atoms with Crippen LogP contribution < -0.4 is 0 Å². The molecule has 0 spiro atoms.